The normalized spacial score (nSPS) is 16.4. The van der Waals surface area contributed by atoms with Crippen LogP contribution in [0.3, 0.4) is 0 Å². The van der Waals surface area contributed by atoms with Gasteiger partial charge in [0.15, 0.2) is 11.6 Å². The van der Waals surface area contributed by atoms with E-state index in [-0.39, 0.29) is 17.4 Å². The maximum Gasteiger partial charge on any atom is 0.151 e. The van der Waals surface area contributed by atoms with E-state index >= 15 is 0 Å². The van der Waals surface area contributed by atoms with E-state index in [0.717, 1.165) is 25.7 Å². The van der Waals surface area contributed by atoms with Gasteiger partial charge in [-0.3, -0.25) is 0 Å². The van der Waals surface area contributed by atoms with Gasteiger partial charge >= 0.3 is 0 Å². The summed E-state index contributed by atoms with van der Waals surface area (Å²) in [5, 5.41) is 0. The lowest BCUT2D eigenvalue weighted by Gasteiger charge is -2.30. The van der Waals surface area contributed by atoms with Gasteiger partial charge in [0.05, 0.1) is 0 Å². The molecule has 0 atom stereocenters. The molecule has 0 aromatic heterocycles. The van der Waals surface area contributed by atoms with Gasteiger partial charge in [-0.2, -0.15) is 0 Å². The van der Waals surface area contributed by atoms with Crippen LogP contribution in [-0.2, 0) is 0 Å². The van der Waals surface area contributed by atoms with Gasteiger partial charge in [0, 0.05) is 18.3 Å². The number of hydrogen-bond acceptors (Lipinski definition) is 2. The number of halogens is 2. The molecule has 2 N–H and O–H groups in total. The fourth-order valence-electron chi connectivity index (χ4n) is 2.67. The molecule has 0 unspecified atom stereocenters. The molecule has 1 fully saturated rings. The van der Waals surface area contributed by atoms with Crippen LogP contribution in [0.2, 0.25) is 0 Å². The molecule has 2 rings (SSSR count). The van der Waals surface area contributed by atoms with Crippen LogP contribution in [0.25, 0.3) is 0 Å². The van der Waals surface area contributed by atoms with Gasteiger partial charge in [0.2, 0.25) is 0 Å². The molecule has 17 heavy (non-hydrogen) atoms. The largest absolute Gasteiger partial charge is 0.399 e. The summed E-state index contributed by atoms with van der Waals surface area (Å²) in [6.45, 7) is 2.54. The zero-order chi connectivity index (χ0) is 12.4. The topological polar surface area (TPSA) is 29.3 Å². The highest BCUT2D eigenvalue weighted by Gasteiger charge is 2.26. The van der Waals surface area contributed by atoms with Crippen molar-refractivity contribution in [2.75, 3.05) is 17.2 Å². The highest BCUT2D eigenvalue weighted by molar-refractivity contribution is 5.56. The summed E-state index contributed by atoms with van der Waals surface area (Å²) in [5.41, 5.74) is 5.63. The summed E-state index contributed by atoms with van der Waals surface area (Å²) in [5.74, 6) is -1.12. The van der Waals surface area contributed by atoms with Crippen LogP contribution in [0.1, 0.15) is 32.6 Å². The Morgan fingerprint density at radius 2 is 1.76 bits per heavy atom. The Morgan fingerprint density at radius 1 is 1.24 bits per heavy atom. The lowest BCUT2D eigenvalue weighted by molar-refractivity contribution is 0.542. The molecule has 1 aliphatic rings. The Kier molecular flexibility index (Phi) is 3.50. The zero-order valence-corrected chi connectivity index (χ0v) is 10.0. The average Bonchev–Trinajstić information content (AvgIpc) is 2.76. The molecule has 2 nitrogen and oxygen atoms in total. The summed E-state index contributed by atoms with van der Waals surface area (Å²) in [7, 11) is 0. The second kappa shape index (κ2) is 4.90. The van der Waals surface area contributed by atoms with Gasteiger partial charge < -0.3 is 10.6 Å². The SMILES string of the molecule is CCN(c1c(F)cc(N)cc1F)C1CCCC1. The molecule has 0 amide bonds. The summed E-state index contributed by atoms with van der Waals surface area (Å²) in [4.78, 5) is 1.83. The van der Waals surface area contributed by atoms with Crippen LogP contribution in [-0.4, -0.2) is 12.6 Å². The van der Waals surface area contributed by atoms with Crippen molar-refractivity contribution in [3.05, 3.63) is 23.8 Å². The summed E-state index contributed by atoms with van der Waals surface area (Å²) in [6, 6.07) is 2.64. The van der Waals surface area contributed by atoms with E-state index in [1.807, 2.05) is 11.8 Å². The smallest absolute Gasteiger partial charge is 0.151 e. The van der Waals surface area contributed by atoms with Gasteiger partial charge in [-0.25, -0.2) is 8.78 Å². The van der Waals surface area contributed by atoms with Crippen molar-refractivity contribution in [1.29, 1.82) is 0 Å². The monoisotopic (exact) mass is 240 g/mol. The molecule has 0 radical (unpaired) electrons. The molecule has 0 saturated heterocycles. The molecule has 1 saturated carbocycles. The first kappa shape index (κ1) is 12.1. The van der Waals surface area contributed by atoms with Gasteiger partial charge in [-0.1, -0.05) is 12.8 Å². The average molecular weight is 240 g/mol. The van der Waals surface area contributed by atoms with Crippen LogP contribution < -0.4 is 10.6 Å². The van der Waals surface area contributed by atoms with E-state index in [4.69, 9.17) is 5.73 Å². The quantitative estimate of drug-likeness (QED) is 0.821. The van der Waals surface area contributed by atoms with Crippen molar-refractivity contribution in [2.45, 2.75) is 38.6 Å². The van der Waals surface area contributed by atoms with E-state index in [2.05, 4.69) is 0 Å². The molecule has 94 valence electrons. The van der Waals surface area contributed by atoms with E-state index < -0.39 is 11.6 Å². The van der Waals surface area contributed by atoms with E-state index in [9.17, 15) is 8.78 Å². The number of hydrogen-bond donors (Lipinski definition) is 1. The summed E-state index contributed by atoms with van der Waals surface area (Å²) in [6.07, 6.45) is 4.30. The molecule has 0 heterocycles. The number of nitrogen functional groups attached to an aromatic ring is 1. The van der Waals surface area contributed by atoms with Gasteiger partial charge in [-0.05, 0) is 31.9 Å². The van der Waals surface area contributed by atoms with Crippen LogP contribution >= 0.6 is 0 Å². The summed E-state index contributed by atoms with van der Waals surface area (Å²) < 4.78 is 27.7. The van der Waals surface area contributed by atoms with Crippen LogP contribution in [0.4, 0.5) is 20.2 Å². The minimum absolute atomic E-state index is 0.0774. The first-order valence-corrected chi connectivity index (χ1v) is 6.14. The Balaban J connectivity index is 2.36. The van der Waals surface area contributed by atoms with Crippen LogP contribution in [0.5, 0.6) is 0 Å². The van der Waals surface area contributed by atoms with Crippen LogP contribution in [0.15, 0.2) is 12.1 Å². The predicted molar refractivity (Wildman–Crippen MR) is 66.0 cm³/mol. The second-order valence-electron chi connectivity index (χ2n) is 4.56. The molecule has 1 aliphatic carbocycles. The fraction of sp³-hybridized carbons (Fsp3) is 0.538. The van der Waals surface area contributed by atoms with Crippen molar-refractivity contribution in [3.8, 4) is 0 Å². The molecule has 0 bridgehead atoms. The molecule has 1 aromatic rings. The van der Waals surface area contributed by atoms with Crippen LogP contribution in [0, 0.1) is 11.6 Å². The molecule has 4 heteroatoms. The van der Waals surface area contributed by atoms with Crippen molar-refractivity contribution >= 4 is 11.4 Å². The molecular formula is C13H18F2N2. The highest BCUT2D eigenvalue weighted by Crippen LogP contribution is 2.32. The predicted octanol–water partition coefficient (Wildman–Crippen LogP) is 3.32. The highest BCUT2D eigenvalue weighted by atomic mass is 19.1. The lowest BCUT2D eigenvalue weighted by Crippen LogP contribution is -2.34. The number of nitrogens with two attached hydrogens (primary N) is 1. The summed E-state index contributed by atoms with van der Waals surface area (Å²) >= 11 is 0. The minimum Gasteiger partial charge on any atom is -0.399 e. The Labute approximate surface area is 100 Å². The van der Waals surface area contributed by atoms with Gasteiger partial charge in [0.25, 0.3) is 0 Å². The Hall–Kier alpha value is -1.32. The van der Waals surface area contributed by atoms with Crippen molar-refractivity contribution < 1.29 is 8.78 Å². The van der Waals surface area contributed by atoms with Crippen molar-refractivity contribution in [1.82, 2.24) is 0 Å². The Morgan fingerprint density at radius 3 is 2.24 bits per heavy atom. The second-order valence-corrected chi connectivity index (χ2v) is 4.56. The third kappa shape index (κ3) is 2.35. The molecule has 1 aromatic carbocycles. The lowest BCUT2D eigenvalue weighted by atomic mass is 10.1. The standard InChI is InChI=1S/C13H18F2N2/c1-2-17(10-5-3-4-6-10)13-11(14)7-9(16)8-12(13)15/h7-8,10H,2-6,16H2,1H3. The number of anilines is 2. The first-order chi connectivity index (χ1) is 8.13. The maximum absolute atomic E-state index is 13.8. The minimum atomic E-state index is -0.559. The Bertz CT molecular complexity index is 377. The maximum atomic E-state index is 13.8. The zero-order valence-electron chi connectivity index (χ0n) is 10.0. The van der Waals surface area contributed by atoms with E-state index in [1.54, 1.807) is 0 Å². The number of nitrogens with zero attached hydrogens (tertiary/aromatic N) is 1. The van der Waals surface area contributed by atoms with Crippen molar-refractivity contribution in [3.63, 3.8) is 0 Å². The van der Waals surface area contributed by atoms with Gasteiger partial charge in [0.1, 0.15) is 5.69 Å². The molecule has 0 spiro atoms. The number of benzene rings is 1. The third-order valence-electron chi connectivity index (χ3n) is 3.43. The van der Waals surface area contributed by atoms with E-state index in [1.165, 1.54) is 12.1 Å². The molecule has 0 aliphatic heterocycles. The first-order valence-electron chi connectivity index (χ1n) is 6.14. The van der Waals surface area contributed by atoms with Gasteiger partial charge in [-0.15, -0.1) is 0 Å². The third-order valence-corrected chi connectivity index (χ3v) is 3.43. The fourth-order valence-corrected chi connectivity index (χ4v) is 2.67. The molecular weight excluding hydrogens is 222 g/mol. The van der Waals surface area contributed by atoms with Crippen molar-refractivity contribution in [2.24, 2.45) is 0 Å². The number of rotatable bonds is 3. The van der Waals surface area contributed by atoms with E-state index in [0.29, 0.717) is 6.54 Å².